The van der Waals surface area contributed by atoms with Crippen molar-refractivity contribution >= 4 is 0 Å². The lowest BCUT2D eigenvalue weighted by atomic mass is 9.96. The maximum atomic E-state index is 2.39. The van der Waals surface area contributed by atoms with Gasteiger partial charge in [0.05, 0.1) is 0 Å². The number of hydrogen-bond acceptors (Lipinski definition) is 0. The molecule has 0 saturated carbocycles. The number of fused-ring (bicyclic) bond motifs is 3. The Morgan fingerprint density at radius 1 is 0.448 bits per heavy atom. The molecule has 0 atom stereocenters. The summed E-state index contributed by atoms with van der Waals surface area (Å²) in [5.74, 6) is 0. The van der Waals surface area contributed by atoms with Crippen LogP contribution in [0, 0.1) is 27.7 Å². The Balaban J connectivity index is 1.52. The molecule has 0 fully saturated rings. The highest BCUT2D eigenvalue weighted by Gasteiger charge is 2.19. The van der Waals surface area contributed by atoms with Crippen molar-refractivity contribution in [3.63, 3.8) is 0 Å². The molecule has 0 aliphatic heterocycles. The third kappa shape index (κ3) is 3.19. The van der Waals surface area contributed by atoms with Crippen LogP contribution in [-0.4, -0.2) is 0 Å². The van der Waals surface area contributed by atoms with E-state index in [-0.39, 0.29) is 0 Å². The highest BCUT2D eigenvalue weighted by atomic mass is 14.2. The molecule has 0 bridgehead atoms. The van der Waals surface area contributed by atoms with Gasteiger partial charge in [-0.05, 0) is 89.8 Å². The van der Waals surface area contributed by atoms with Crippen LogP contribution in [0.3, 0.4) is 0 Å². The first kappa shape index (κ1) is 17.9. The minimum atomic E-state index is 1.02. The van der Waals surface area contributed by atoms with Crippen molar-refractivity contribution in [1.82, 2.24) is 0 Å². The van der Waals surface area contributed by atoms with Crippen molar-refractivity contribution in [2.24, 2.45) is 0 Å². The summed E-state index contributed by atoms with van der Waals surface area (Å²) < 4.78 is 0. The Morgan fingerprint density at radius 2 is 0.966 bits per heavy atom. The second-order valence-electron chi connectivity index (χ2n) is 8.60. The van der Waals surface area contributed by atoms with Crippen LogP contribution in [0.4, 0.5) is 0 Å². The molecule has 0 heterocycles. The summed E-state index contributed by atoms with van der Waals surface area (Å²) in [4.78, 5) is 0. The van der Waals surface area contributed by atoms with Crippen molar-refractivity contribution in [2.75, 3.05) is 0 Å². The zero-order chi connectivity index (χ0) is 20.1. The maximum absolute atomic E-state index is 2.39. The first-order chi connectivity index (χ1) is 14.0. The Hall–Kier alpha value is -3.12. The molecule has 0 heteroatoms. The fourth-order valence-electron chi connectivity index (χ4n) is 4.63. The lowest BCUT2D eigenvalue weighted by Gasteiger charge is -2.09. The van der Waals surface area contributed by atoms with Crippen LogP contribution in [0.5, 0.6) is 0 Å². The predicted octanol–water partition coefficient (Wildman–Crippen LogP) is 7.83. The quantitative estimate of drug-likeness (QED) is 0.295. The van der Waals surface area contributed by atoms with E-state index in [0.717, 1.165) is 6.42 Å². The molecule has 1 aliphatic rings. The standard InChI is InChI=1S/C29H26/c1-18-11-19(2)13-25(12-18)24-8-10-29-27(16-24)17-26-15-23(7-9-28(26)29)22-6-5-20(3)21(4)14-22/h5-16H,17H2,1-4H3. The highest BCUT2D eigenvalue weighted by Crippen LogP contribution is 2.40. The molecule has 0 aromatic heterocycles. The second kappa shape index (κ2) is 6.74. The fourth-order valence-corrected chi connectivity index (χ4v) is 4.63. The van der Waals surface area contributed by atoms with Gasteiger partial charge in [-0.2, -0.15) is 0 Å². The van der Waals surface area contributed by atoms with Crippen molar-refractivity contribution < 1.29 is 0 Å². The van der Waals surface area contributed by atoms with Crippen molar-refractivity contribution in [3.05, 3.63) is 106 Å². The van der Waals surface area contributed by atoms with Crippen molar-refractivity contribution in [1.29, 1.82) is 0 Å². The average Bonchev–Trinajstić information content (AvgIpc) is 3.06. The van der Waals surface area contributed by atoms with Gasteiger partial charge >= 0.3 is 0 Å². The first-order valence-corrected chi connectivity index (χ1v) is 10.4. The molecule has 142 valence electrons. The summed E-state index contributed by atoms with van der Waals surface area (Å²) in [7, 11) is 0. The molecular weight excluding hydrogens is 348 g/mol. The molecule has 5 rings (SSSR count). The largest absolute Gasteiger partial charge is 0.0584 e. The number of aryl methyl sites for hydroxylation is 4. The van der Waals surface area contributed by atoms with Gasteiger partial charge in [0, 0.05) is 0 Å². The zero-order valence-electron chi connectivity index (χ0n) is 17.6. The summed E-state index contributed by atoms with van der Waals surface area (Å²) >= 11 is 0. The van der Waals surface area contributed by atoms with Crippen LogP contribution in [0.15, 0.2) is 72.8 Å². The Labute approximate surface area is 173 Å². The van der Waals surface area contributed by atoms with E-state index in [1.807, 2.05) is 0 Å². The molecule has 0 saturated heterocycles. The lowest BCUT2D eigenvalue weighted by molar-refractivity contribution is 1.26. The third-order valence-electron chi connectivity index (χ3n) is 6.28. The van der Waals surface area contributed by atoms with E-state index in [9.17, 15) is 0 Å². The van der Waals surface area contributed by atoms with Gasteiger partial charge in [0.1, 0.15) is 0 Å². The molecule has 0 spiro atoms. The van der Waals surface area contributed by atoms with Crippen LogP contribution in [-0.2, 0) is 6.42 Å². The van der Waals surface area contributed by atoms with E-state index in [2.05, 4.69) is 100 Å². The molecule has 0 nitrogen and oxygen atoms in total. The molecule has 1 aliphatic carbocycles. The smallest absolute Gasteiger partial charge is 0.00130 e. The van der Waals surface area contributed by atoms with Crippen LogP contribution < -0.4 is 0 Å². The summed E-state index contributed by atoms with van der Waals surface area (Å²) in [6.07, 6.45) is 1.02. The van der Waals surface area contributed by atoms with E-state index >= 15 is 0 Å². The summed E-state index contributed by atoms with van der Waals surface area (Å²) in [6, 6.07) is 27.5. The van der Waals surface area contributed by atoms with E-state index < -0.39 is 0 Å². The van der Waals surface area contributed by atoms with E-state index in [1.165, 1.54) is 66.8 Å². The van der Waals surface area contributed by atoms with Gasteiger partial charge in [0.2, 0.25) is 0 Å². The number of hydrogen-bond donors (Lipinski definition) is 0. The Kier molecular flexibility index (Phi) is 4.17. The van der Waals surface area contributed by atoms with Gasteiger partial charge in [-0.25, -0.2) is 0 Å². The van der Waals surface area contributed by atoms with Gasteiger partial charge in [-0.1, -0.05) is 83.9 Å². The summed E-state index contributed by atoms with van der Waals surface area (Å²) in [5.41, 5.74) is 16.3. The molecule has 4 aromatic rings. The summed E-state index contributed by atoms with van der Waals surface area (Å²) in [6.45, 7) is 8.71. The van der Waals surface area contributed by atoms with Crippen molar-refractivity contribution in [2.45, 2.75) is 34.1 Å². The van der Waals surface area contributed by atoms with Crippen LogP contribution in [0.2, 0.25) is 0 Å². The van der Waals surface area contributed by atoms with Crippen LogP contribution >= 0.6 is 0 Å². The van der Waals surface area contributed by atoms with E-state index in [4.69, 9.17) is 0 Å². The fraction of sp³-hybridized carbons (Fsp3) is 0.172. The van der Waals surface area contributed by atoms with Gasteiger partial charge in [0.15, 0.2) is 0 Å². The minimum absolute atomic E-state index is 1.02. The monoisotopic (exact) mass is 374 g/mol. The minimum Gasteiger partial charge on any atom is -0.0584 e. The van der Waals surface area contributed by atoms with Gasteiger partial charge in [0.25, 0.3) is 0 Å². The highest BCUT2D eigenvalue weighted by molar-refractivity contribution is 5.83. The first-order valence-electron chi connectivity index (χ1n) is 10.4. The lowest BCUT2D eigenvalue weighted by Crippen LogP contribution is -1.86. The van der Waals surface area contributed by atoms with Crippen LogP contribution in [0.1, 0.15) is 33.4 Å². The maximum Gasteiger partial charge on any atom is -0.00130 e. The molecule has 29 heavy (non-hydrogen) atoms. The second-order valence-corrected chi connectivity index (χ2v) is 8.60. The topological polar surface area (TPSA) is 0 Å². The molecular formula is C29H26. The van der Waals surface area contributed by atoms with Crippen molar-refractivity contribution in [3.8, 4) is 33.4 Å². The molecule has 0 unspecified atom stereocenters. The van der Waals surface area contributed by atoms with Gasteiger partial charge in [-0.15, -0.1) is 0 Å². The van der Waals surface area contributed by atoms with E-state index in [0.29, 0.717) is 0 Å². The van der Waals surface area contributed by atoms with Crippen LogP contribution in [0.25, 0.3) is 33.4 Å². The summed E-state index contributed by atoms with van der Waals surface area (Å²) in [5, 5.41) is 0. The molecule has 4 aromatic carbocycles. The SMILES string of the molecule is Cc1cc(C)cc(-c2ccc3c(c2)Cc2cc(-c4ccc(C)c(C)c4)ccc2-3)c1. The van der Waals surface area contributed by atoms with Gasteiger partial charge in [-0.3, -0.25) is 0 Å². The average molecular weight is 375 g/mol. The van der Waals surface area contributed by atoms with Gasteiger partial charge < -0.3 is 0 Å². The normalized spacial score (nSPS) is 12.0. The molecule has 0 amide bonds. The number of benzene rings is 4. The molecule has 0 radical (unpaired) electrons. The zero-order valence-corrected chi connectivity index (χ0v) is 17.6. The Morgan fingerprint density at radius 3 is 1.55 bits per heavy atom. The van der Waals surface area contributed by atoms with E-state index in [1.54, 1.807) is 0 Å². The predicted molar refractivity (Wildman–Crippen MR) is 125 cm³/mol. The Bertz CT molecular complexity index is 1240. The third-order valence-corrected chi connectivity index (χ3v) is 6.28. The molecule has 0 N–H and O–H groups in total. The number of rotatable bonds is 2.